The van der Waals surface area contributed by atoms with E-state index in [4.69, 9.17) is 9.47 Å². The molecule has 2 amide bonds. The van der Waals surface area contributed by atoms with Crippen molar-refractivity contribution >= 4 is 33.2 Å². The quantitative estimate of drug-likeness (QED) is 0.401. The van der Waals surface area contributed by atoms with Crippen molar-refractivity contribution in [2.24, 2.45) is 0 Å². The maximum absolute atomic E-state index is 12.9. The van der Waals surface area contributed by atoms with Crippen molar-refractivity contribution in [3.63, 3.8) is 0 Å². The van der Waals surface area contributed by atoms with Crippen LogP contribution in [0.15, 0.2) is 71.6 Å². The number of carbonyl (C=O) groups excluding carboxylic acids is 2. The number of ether oxygens (including phenoxy) is 2. The monoisotopic (exact) mass is 549 g/mol. The van der Waals surface area contributed by atoms with Crippen molar-refractivity contribution in [3.8, 4) is 11.5 Å². The van der Waals surface area contributed by atoms with Crippen LogP contribution in [0.2, 0.25) is 0 Å². The van der Waals surface area contributed by atoms with Gasteiger partial charge in [0.15, 0.2) is 6.61 Å². The van der Waals surface area contributed by atoms with Crippen LogP contribution in [0, 0.1) is 6.92 Å². The second-order valence-corrected chi connectivity index (χ2v) is 11.6. The number of amides is 2. The van der Waals surface area contributed by atoms with Crippen LogP contribution in [0.3, 0.4) is 0 Å². The third-order valence-corrected chi connectivity index (χ3v) is 8.71. The Balaban J connectivity index is 1.23. The second kappa shape index (κ2) is 11.5. The van der Waals surface area contributed by atoms with Gasteiger partial charge in [0.1, 0.15) is 11.5 Å². The molecule has 1 saturated heterocycles. The van der Waals surface area contributed by atoms with E-state index in [0.29, 0.717) is 55.3 Å². The van der Waals surface area contributed by atoms with Gasteiger partial charge in [0, 0.05) is 30.9 Å². The van der Waals surface area contributed by atoms with Crippen molar-refractivity contribution in [1.82, 2.24) is 4.31 Å². The van der Waals surface area contributed by atoms with Crippen LogP contribution < -0.4 is 19.7 Å². The lowest BCUT2D eigenvalue weighted by Crippen LogP contribution is -2.39. The zero-order chi connectivity index (χ0) is 27.4. The number of benzene rings is 3. The predicted molar refractivity (Wildman–Crippen MR) is 148 cm³/mol. The topological polar surface area (TPSA) is 105 Å². The van der Waals surface area contributed by atoms with Crippen molar-refractivity contribution in [2.75, 3.05) is 43.1 Å². The maximum Gasteiger partial charge on any atom is 0.265 e. The highest BCUT2D eigenvalue weighted by Gasteiger charge is 2.28. The van der Waals surface area contributed by atoms with E-state index in [1.807, 2.05) is 31.2 Å². The Hall–Kier alpha value is -3.89. The van der Waals surface area contributed by atoms with Gasteiger partial charge in [-0.05, 0) is 80.8 Å². The van der Waals surface area contributed by atoms with Gasteiger partial charge >= 0.3 is 0 Å². The van der Waals surface area contributed by atoms with Crippen LogP contribution in [-0.2, 0) is 14.8 Å². The summed E-state index contributed by atoms with van der Waals surface area (Å²) in [7, 11) is -3.55. The fourth-order valence-electron chi connectivity index (χ4n) is 4.63. The molecular formula is C29H31N3O6S. The lowest BCUT2D eigenvalue weighted by molar-refractivity contribution is -0.121. The van der Waals surface area contributed by atoms with Crippen LogP contribution >= 0.6 is 0 Å². The Bertz CT molecular complexity index is 1450. The lowest BCUT2D eigenvalue weighted by Gasteiger charge is -2.30. The van der Waals surface area contributed by atoms with Gasteiger partial charge in [-0.15, -0.1) is 0 Å². The van der Waals surface area contributed by atoms with Crippen LogP contribution in [0.5, 0.6) is 11.5 Å². The van der Waals surface area contributed by atoms with Crippen LogP contribution in [0.1, 0.15) is 35.2 Å². The number of hydrogen-bond donors (Lipinski definition) is 1. The molecule has 1 N–H and O–H groups in total. The summed E-state index contributed by atoms with van der Waals surface area (Å²) in [6, 6.07) is 18.9. The maximum atomic E-state index is 12.9. The molecule has 0 saturated carbocycles. The summed E-state index contributed by atoms with van der Waals surface area (Å²) in [5.41, 5.74) is 2.55. The number of hydrogen-bond acceptors (Lipinski definition) is 6. The number of carbonyl (C=O) groups is 2. The molecule has 0 aromatic heterocycles. The number of fused-ring (bicyclic) bond motifs is 1. The van der Waals surface area contributed by atoms with Crippen molar-refractivity contribution < 1.29 is 27.5 Å². The largest absolute Gasteiger partial charge is 0.494 e. The minimum Gasteiger partial charge on any atom is -0.494 e. The first-order chi connectivity index (χ1) is 18.8. The van der Waals surface area contributed by atoms with E-state index in [-0.39, 0.29) is 23.3 Å². The minimum atomic E-state index is -3.55. The number of nitrogens with one attached hydrogen (secondary N) is 1. The summed E-state index contributed by atoms with van der Waals surface area (Å²) in [6.45, 7) is 3.89. The fourth-order valence-corrected chi connectivity index (χ4v) is 6.15. The molecule has 0 spiro atoms. The SMILES string of the molecule is Cc1ccc(OCCCN2C(=O)COc3ccc(NC(=O)c4ccc(S(=O)(=O)N5CCCC5)cc4)cc32)cc1. The molecule has 3 aromatic carbocycles. The van der Waals surface area contributed by atoms with E-state index in [1.165, 1.54) is 28.6 Å². The first-order valence-corrected chi connectivity index (χ1v) is 14.4. The standard InChI is InChI=1S/C29H31N3O6S/c1-21-5-10-24(11-6-21)37-18-4-17-32-26-19-23(9-14-27(26)38-20-28(32)33)30-29(34)22-7-12-25(13-8-22)39(35,36)31-15-2-3-16-31/h5-14,19H,2-4,15-18,20H2,1H3,(H,30,34). The van der Waals surface area contributed by atoms with Crippen LogP contribution in [0.25, 0.3) is 0 Å². The number of sulfonamides is 1. The molecule has 0 atom stereocenters. The highest BCUT2D eigenvalue weighted by molar-refractivity contribution is 7.89. The summed E-state index contributed by atoms with van der Waals surface area (Å²) in [6.07, 6.45) is 2.33. The molecule has 2 aliphatic rings. The average Bonchev–Trinajstić information content (AvgIpc) is 3.49. The Labute approximate surface area is 228 Å². The molecule has 2 heterocycles. The summed E-state index contributed by atoms with van der Waals surface area (Å²) in [5.74, 6) is 0.779. The zero-order valence-corrected chi connectivity index (χ0v) is 22.6. The molecule has 10 heteroatoms. The van der Waals surface area contributed by atoms with E-state index in [9.17, 15) is 18.0 Å². The van der Waals surface area contributed by atoms with Crippen molar-refractivity contribution in [3.05, 3.63) is 77.9 Å². The highest BCUT2D eigenvalue weighted by atomic mass is 32.2. The highest BCUT2D eigenvalue weighted by Crippen LogP contribution is 2.35. The second-order valence-electron chi connectivity index (χ2n) is 9.62. The molecule has 9 nitrogen and oxygen atoms in total. The van der Waals surface area contributed by atoms with Gasteiger partial charge in [-0.2, -0.15) is 4.31 Å². The summed E-state index contributed by atoms with van der Waals surface area (Å²) in [4.78, 5) is 27.4. The minimum absolute atomic E-state index is 0.0514. The van der Waals surface area contributed by atoms with Gasteiger partial charge in [0.05, 0.1) is 17.2 Å². The molecule has 0 bridgehead atoms. The summed E-state index contributed by atoms with van der Waals surface area (Å²) in [5, 5.41) is 2.83. The lowest BCUT2D eigenvalue weighted by atomic mass is 10.1. The van der Waals surface area contributed by atoms with Gasteiger partial charge in [-0.1, -0.05) is 17.7 Å². The normalized spacial score (nSPS) is 15.5. The zero-order valence-electron chi connectivity index (χ0n) is 21.8. The number of rotatable bonds is 9. The van der Waals surface area contributed by atoms with E-state index in [0.717, 1.165) is 24.2 Å². The Morgan fingerprint density at radius 1 is 1.00 bits per heavy atom. The summed E-state index contributed by atoms with van der Waals surface area (Å²) >= 11 is 0. The van der Waals surface area contributed by atoms with E-state index in [2.05, 4.69) is 5.32 Å². The molecule has 0 aliphatic carbocycles. The third kappa shape index (κ3) is 6.07. The van der Waals surface area contributed by atoms with Gasteiger partial charge in [-0.25, -0.2) is 8.42 Å². The number of anilines is 2. The molecule has 2 aliphatic heterocycles. The smallest absolute Gasteiger partial charge is 0.265 e. The van der Waals surface area contributed by atoms with E-state index in [1.54, 1.807) is 23.1 Å². The van der Waals surface area contributed by atoms with Crippen LogP contribution in [-0.4, -0.2) is 57.4 Å². The van der Waals surface area contributed by atoms with Crippen molar-refractivity contribution in [1.29, 1.82) is 0 Å². The molecule has 1 fully saturated rings. The molecule has 204 valence electrons. The van der Waals surface area contributed by atoms with E-state index >= 15 is 0 Å². The molecule has 39 heavy (non-hydrogen) atoms. The summed E-state index contributed by atoms with van der Waals surface area (Å²) < 4.78 is 38.4. The van der Waals surface area contributed by atoms with Gasteiger partial charge in [0.25, 0.3) is 11.8 Å². The number of nitrogens with zero attached hydrogens (tertiary/aromatic N) is 2. The van der Waals surface area contributed by atoms with Gasteiger partial charge < -0.3 is 19.7 Å². The Kier molecular flexibility index (Phi) is 7.85. The first kappa shape index (κ1) is 26.7. The molecule has 3 aromatic rings. The fraction of sp³-hybridized carbons (Fsp3) is 0.310. The predicted octanol–water partition coefficient (Wildman–Crippen LogP) is 4.23. The van der Waals surface area contributed by atoms with Gasteiger partial charge in [0.2, 0.25) is 10.0 Å². The average molecular weight is 550 g/mol. The van der Waals surface area contributed by atoms with Crippen molar-refractivity contribution in [2.45, 2.75) is 31.1 Å². The molecular weight excluding hydrogens is 518 g/mol. The van der Waals surface area contributed by atoms with Crippen LogP contribution in [0.4, 0.5) is 11.4 Å². The molecule has 0 radical (unpaired) electrons. The number of aryl methyl sites for hydroxylation is 1. The third-order valence-electron chi connectivity index (χ3n) is 6.79. The first-order valence-electron chi connectivity index (χ1n) is 13.0. The van der Waals surface area contributed by atoms with E-state index < -0.39 is 10.0 Å². The molecule has 5 rings (SSSR count). The Morgan fingerprint density at radius 2 is 1.72 bits per heavy atom. The van der Waals surface area contributed by atoms with Gasteiger partial charge in [-0.3, -0.25) is 9.59 Å². The Morgan fingerprint density at radius 3 is 2.44 bits per heavy atom. The molecule has 0 unspecified atom stereocenters.